The number of amides is 1. The van der Waals surface area contributed by atoms with Crippen LogP contribution in [0.25, 0.3) is 11.0 Å². The van der Waals surface area contributed by atoms with Crippen LogP contribution in [0, 0.1) is 5.41 Å². The zero-order valence-corrected chi connectivity index (χ0v) is 16.5. The Kier molecular flexibility index (Phi) is 4.17. The number of nitrogens with one attached hydrogen (secondary N) is 1. The van der Waals surface area contributed by atoms with Crippen LogP contribution in [0.2, 0.25) is 10.0 Å². The first-order chi connectivity index (χ1) is 12.3. The van der Waals surface area contributed by atoms with Gasteiger partial charge in [-0.1, -0.05) is 37.0 Å². The van der Waals surface area contributed by atoms with Crippen molar-refractivity contribution in [2.75, 3.05) is 20.3 Å². The lowest BCUT2D eigenvalue weighted by atomic mass is 9.67. The maximum Gasteiger partial charge on any atom is 0.232 e. The smallest absolute Gasteiger partial charge is 0.232 e. The highest BCUT2D eigenvalue weighted by Gasteiger charge is 2.67. The fraction of sp³-hybridized carbons (Fsp3) is 0.526. The molecule has 1 fully saturated rings. The molecule has 0 saturated heterocycles. The van der Waals surface area contributed by atoms with Crippen molar-refractivity contribution in [3.8, 4) is 0 Å². The molecule has 5 nitrogen and oxygen atoms in total. The number of nitrogens with zero attached hydrogens (tertiary/aromatic N) is 2. The summed E-state index contributed by atoms with van der Waals surface area (Å²) in [7, 11) is 1.62. The van der Waals surface area contributed by atoms with Crippen LogP contribution in [0.5, 0.6) is 0 Å². The van der Waals surface area contributed by atoms with Crippen LogP contribution < -0.4 is 5.32 Å². The summed E-state index contributed by atoms with van der Waals surface area (Å²) in [6.07, 6.45) is 1.71. The SMILES string of the molecule is COCCNC(=O)C12CCC(c3nc4cc(Cl)c(Cl)cc4nc31)C2(C)C. The summed E-state index contributed by atoms with van der Waals surface area (Å²) in [5.41, 5.74) is 2.18. The zero-order chi connectivity index (χ0) is 18.7. The maximum absolute atomic E-state index is 13.3. The maximum atomic E-state index is 13.3. The van der Waals surface area contributed by atoms with Crippen molar-refractivity contribution in [3.05, 3.63) is 33.6 Å². The molecule has 1 N–H and O–H groups in total. The van der Waals surface area contributed by atoms with Crippen molar-refractivity contribution in [1.29, 1.82) is 0 Å². The molecular formula is C19H21Cl2N3O2. The lowest BCUT2D eigenvalue weighted by Gasteiger charge is -2.36. The number of halogens is 2. The van der Waals surface area contributed by atoms with E-state index in [-0.39, 0.29) is 17.2 Å². The first-order valence-corrected chi connectivity index (χ1v) is 9.53. The van der Waals surface area contributed by atoms with E-state index in [2.05, 4.69) is 19.2 Å². The van der Waals surface area contributed by atoms with Crippen LogP contribution >= 0.6 is 23.2 Å². The van der Waals surface area contributed by atoms with Gasteiger partial charge in [0.1, 0.15) is 0 Å². The number of methoxy groups -OCH3 is 1. The summed E-state index contributed by atoms with van der Waals surface area (Å²) < 4.78 is 5.07. The standard InChI is InChI=1S/C19H21Cl2N3O2/c1-18(2)10-4-5-19(18,17(25)22-6-7-26-3)16-15(10)23-13-8-11(20)12(21)9-14(13)24-16/h8-10H,4-7H2,1-3H3,(H,22,25). The van der Waals surface area contributed by atoms with Crippen LogP contribution in [0.4, 0.5) is 0 Å². The monoisotopic (exact) mass is 393 g/mol. The van der Waals surface area contributed by atoms with Crippen molar-refractivity contribution in [2.45, 2.75) is 38.0 Å². The number of hydrogen-bond acceptors (Lipinski definition) is 4. The third kappa shape index (κ3) is 2.23. The molecular weight excluding hydrogens is 373 g/mol. The number of rotatable bonds is 4. The third-order valence-electron chi connectivity index (χ3n) is 6.23. The second kappa shape index (κ2) is 6.04. The highest BCUT2D eigenvalue weighted by molar-refractivity contribution is 6.42. The Morgan fingerprint density at radius 2 is 1.92 bits per heavy atom. The van der Waals surface area contributed by atoms with Gasteiger partial charge in [0.2, 0.25) is 5.91 Å². The molecule has 2 aliphatic rings. The quantitative estimate of drug-likeness (QED) is 0.800. The Morgan fingerprint density at radius 1 is 1.27 bits per heavy atom. The zero-order valence-electron chi connectivity index (χ0n) is 15.0. The number of carbonyl (C=O) groups is 1. The van der Waals surface area contributed by atoms with Crippen LogP contribution in [0.15, 0.2) is 12.1 Å². The number of aromatic nitrogens is 2. The predicted molar refractivity (Wildman–Crippen MR) is 102 cm³/mol. The largest absolute Gasteiger partial charge is 0.383 e. The molecule has 1 aromatic carbocycles. The fourth-order valence-corrected chi connectivity index (χ4v) is 5.11. The normalized spacial score (nSPS) is 25.5. The van der Waals surface area contributed by atoms with E-state index in [1.807, 2.05) is 0 Å². The Bertz CT molecular complexity index is 915. The van der Waals surface area contributed by atoms with E-state index in [0.29, 0.717) is 28.7 Å². The van der Waals surface area contributed by atoms with Crippen molar-refractivity contribution in [2.24, 2.45) is 5.41 Å². The molecule has 1 heterocycles. The van der Waals surface area contributed by atoms with Crippen molar-refractivity contribution < 1.29 is 9.53 Å². The van der Waals surface area contributed by atoms with Gasteiger partial charge in [-0.3, -0.25) is 4.79 Å². The number of benzene rings is 1. The molecule has 2 unspecified atom stereocenters. The Balaban J connectivity index is 1.87. The van der Waals surface area contributed by atoms with E-state index >= 15 is 0 Å². The molecule has 4 rings (SSSR count). The highest BCUT2D eigenvalue weighted by Crippen LogP contribution is 2.67. The van der Waals surface area contributed by atoms with Gasteiger partial charge < -0.3 is 10.1 Å². The first kappa shape index (κ1) is 18.0. The lowest BCUT2D eigenvalue weighted by Crippen LogP contribution is -2.50. The van der Waals surface area contributed by atoms with Crippen LogP contribution in [0.1, 0.15) is 44.0 Å². The molecule has 0 spiro atoms. The number of ether oxygens (including phenoxy) is 1. The molecule has 2 aromatic rings. The van der Waals surface area contributed by atoms with E-state index in [1.54, 1.807) is 19.2 Å². The minimum absolute atomic E-state index is 0.00881. The summed E-state index contributed by atoms with van der Waals surface area (Å²) in [4.78, 5) is 23.0. The molecule has 1 amide bonds. The number of hydrogen-bond donors (Lipinski definition) is 1. The Hall–Kier alpha value is -1.43. The summed E-state index contributed by atoms with van der Waals surface area (Å²) in [6.45, 7) is 5.26. The van der Waals surface area contributed by atoms with Gasteiger partial charge in [0.15, 0.2) is 0 Å². The molecule has 138 valence electrons. The molecule has 2 aliphatic carbocycles. The van der Waals surface area contributed by atoms with Crippen molar-refractivity contribution in [3.63, 3.8) is 0 Å². The van der Waals surface area contributed by atoms with E-state index in [9.17, 15) is 4.79 Å². The second-order valence-electron chi connectivity index (χ2n) is 7.68. The van der Waals surface area contributed by atoms with Gasteiger partial charge in [0, 0.05) is 19.6 Å². The summed E-state index contributed by atoms with van der Waals surface area (Å²) in [6, 6.07) is 3.47. The topological polar surface area (TPSA) is 64.1 Å². The van der Waals surface area contributed by atoms with Gasteiger partial charge in [-0.25, -0.2) is 9.97 Å². The van der Waals surface area contributed by atoms with Crippen LogP contribution in [-0.4, -0.2) is 36.1 Å². The fourth-order valence-electron chi connectivity index (χ4n) is 4.80. The molecule has 7 heteroatoms. The average molecular weight is 394 g/mol. The van der Waals surface area contributed by atoms with E-state index < -0.39 is 5.41 Å². The lowest BCUT2D eigenvalue weighted by molar-refractivity contribution is -0.130. The van der Waals surface area contributed by atoms with Gasteiger partial charge >= 0.3 is 0 Å². The van der Waals surface area contributed by atoms with Crippen molar-refractivity contribution in [1.82, 2.24) is 15.3 Å². The Labute approximate surface area is 162 Å². The van der Waals surface area contributed by atoms with E-state index in [1.165, 1.54) is 0 Å². The van der Waals surface area contributed by atoms with Gasteiger partial charge in [-0.15, -0.1) is 0 Å². The number of fused-ring (bicyclic) bond motifs is 6. The first-order valence-electron chi connectivity index (χ1n) is 8.77. The van der Waals surface area contributed by atoms with Crippen molar-refractivity contribution >= 4 is 40.1 Å². The Morgan fingerprint density at radius 3 is 2.58 bits per heavy atom. The minimum Gasteiger partial charge on any atom is -0.383 e. The van der Waals surface area contributed by atoms with Crippen LogP contribution in [0.3, 0.4) is 0 Å². The summed E-state index contributed by atoms with van der Waals surface area (Å²) in [5.74, 6) is 0.214. The van der Waals surface area contributed by atoms with Gasteiger partial charge in [-0.2, -0.15) is 0 Å². The molecule has 2 bridgehead atoms. The molecule has 26 heavy (non-hydrogen) atoms. The molecule has 0 aliphatic heterocycles. The predicted octanol–water partition coefficient (Wildman–Crippen LogP) is 3.85. The number of carbonyl (C=O) groups excluding carboxylic acids is 1. The molecule has 2 atom stereocenters. The average Bonchev–Trinajstić information content (AvgIpc) is 2.96. The minimum atomic E-state index is -0.673. The molecule has 1 aromatic heterocycles. The second-order valence-corrected chi connectivity index (χ2v) is 8.49. The summed E-state index contributed by atoms with van der Waals surface area (Å²) in [5, 5.41) is 3.93. The van der Waals surface area contributed by atoms with Crippen LogP contribution in [-0.2, 0) is 14.9 Å². The molecule has 1 saturated carbocycles. The van der Waals surface area contributed by atoms with Gasteiger partial charge in [0.25, 0.3) is 0 Å². The third-order valence-corrected chi connectivity index (χ3v) is 6.95. The summed E-state index contributed by atoms with van der Waals surface area (Å²) >= 11 is 12.3. The molecule has 0 radical (unpaired) electrons. The van der Waals surface area contributed by atoms with E-state index in [0.717, 1.165) is 29.7 Å². The van der Waals surface area contributed by atoms with E-state index in [4.69, 9.17) is 37.9 Å². The highest BCUT2D eigenvalue weighted by atomic mass is 35.5. The van der Waals surface area contributed by atoms with Gasteiger partial charge in [-0.05, 0) is 30.4 Å². The van der Waals surface area contributed by atoms with Gasteiger partial charge in [0.05, 0.1) is 44.5 Å².